The molecule has 3 aliphatic rings. The van der Waals surface area contributed by atoms with E-state index >= 15 is 0 Å². The van der Waals surface area contributed by atoms with Crippen molar-refractivity contribution in [2.45, 2.75) is 82.6 Å². The number of hydroxylamine groups is 2. The zero-order chi connectivity index (χ0) is 47.2. The Hall–Kier alpha value is -2.65. The van der Waals surface area contributed by atoms with Crippen molar-refractivity contribution in [3.63, 3.8) is 0 Å². The van der Waals surface area contributed by atoms with E-state index in [1.54, 1.807) is 12.0 Å². The van der Waals surface area contributed by atoms with Crippen molar-refractivity contribution in [2.24, 2.45) is 0 Å². The minimum absolute atomic E-state index is 0. The van der Waals surface area contributed by atoms with E-state index in [1.165, 1.54) is 29.2 Å². The largest absolute Gasteiger partial charge is 0.386 e. The van der Waals surface area contributed by atoms with Crippen LogP contribution in [0.3, 0.4) is 0 Å². The Morgan fingerprint density at radius 3 is 1.57 bits per heavy atom. The van der Waals surface area contributed by atoms with Gasteiger partial charge in [0.05, 0.1) is 80.2 Å². The van der Waals surface area contributed by atoms with Crippen LogP contribution in [0.5, 0.6) is 0 Å². The van der Waals surface area contributed by atoms with E-state index in [-0.39, 0.29) is 61.8 Å². The number of carbonyl (C=O) groups is 1. The Bertz CT molecular complexity index is 1500. The van der Waals surface area contributed by atoms with Crippen LogP contribution in [0.4, 0.5) is 0 Å². The van der Waals surface area contributed by atoms with Crippen molar-refractivity contribution in [1.82, 2.24) is 40.6 Å². The number of rotatable bonds is 27. The highest BCUT2D eigenvalue weighted by molar-refractivity contribution is 5.99. The normalized spacial score (nSPS) is 16.8. The van der Waals surface area contributed by atoms with Crippen molar-refractivity contribution >= 4 is 17.5 Å². The van der Waals surface area contributed by atoms with Gasteiger partial charge in [-0.15, -0.1) is 0 Å². The van der Waals surface area contributed by atoms with Crippen molar-refractivity contribution in [3.8, 4) is 0 Å². The van der Waals surface area contributed by atoms with Gasteiger partial charge < -0.3 is 40.2 Å². The van der Waals surface area contributed by atoms with Crippen molar-refractivity contribution in [1.29, 1.82) is 0 Å². The maximum Gasteiger partial charge on any atom is 0.279 e. The fourth-order valence-electron chi connectivity index (χ4n) is 8.10. The SMILES string of the molecule is C.C.C.C.C.CCCN1CC[N+](C)=C1c1ccc(C2=[N+](C)CCN2C)cc1.CC[N+](C)(C)CC(O)CN(CCNC)CCNC.CNCCN(CCN1OCC1C(C)=O)CC(O)C[N+](C)(C)CO. The summed E-state index contributed by atoms with van der Waals surface area (Å²) in [6.07, 6.45) is 0.423. The fraction of sp³-hybridized carbons (Fsp3) is 0.824. The number of hydrogen-bond acceptors (Lipinski definition) is 13. The van der Waals surface area contributed by atoms with E-state index in [9.17, 15) is 20.1 Å². The minimum Gasteiger partial charge on any atom is -0.386 e. The van der Waals surface area contributed by atoms with E-state index in [4.69, 9.17) is 4.84 Å². The molecule has 0 spiro atoms. The molecular formula is C51H114N12O5+4. The molecule has 0 radical (unpaired) electrons. The lowest BCUT2D eigenvalue weighted by atomic mass is 10.1. The molecule has 3 heterocycles. The fourth-order valence-corrected chi connectivity index (χ4v) is 8.10. The van der Waals surface area contributed by atoms with E-state index in [0.717, 1.165) is 103 Å². The number of aliphatic hydroxyl groups excluding tert-OH is 3. The number of likely N-dealkylation sites (N-methyl/N-ethyl adjacent to an activating group) is 8. The molecule has 3 unspecified atom stereocenters. The monoisotopic (exact) mass is 975 g/mol. The first-order chi connectivity index (χ1) is 29.8. The lowest BCUT2D eigenvalue weighted by Crippen LogP contribution is -2.56. The second-order valence-electron chi connectivity index (χ2n) is 19.0. The highest BCUT2D eigenvalue weighted by atomic mass is 16.7. The van der Waals surface area contributed by atoms with Gasteiger partial charge in [-0.05, 0) is 65.7 Å². The number of Topliss-reactive ketones (excluding diaryl/α,β-unsaturated/α-hetero) is 1. The standard InChI is InChI=1S/C18H28N4.C15H33N4O4.C13H33N4O.5CH4/c1-5-10-22-14-13-21(4)18(22)16-8-6-15(7-9-16)17-19(2)11-12-20(17)3;1-13(21)15-11-23-18(15)8-7-17(6-5-16-2)9-14(22)10-19(3,4)12-20;1-6-17(4,5)12-13(18)11-16(9-7-14-2)10-8-15-3;;;;;/h6-9H,5,10-14H2,1-4H3;14-16,20,22H,5-12H2,1-4H3;13-15,18H,6-12H2,1-5H3;5*1H4/q+2;2*+1;;;;;. The molecule has 0 bridgehead atoms. The quantitative estimate of drug-likeness (QED) is 0.0432. The molecule has 1 aromatic rings. The third-order valence-electron chi connectivity index (χ3n) is 12.2. The molecule has 17 heteroatoms. The van der Waals surface area contributed by atoms with Crippen molar-refractivity contribution < 1.29 is 43.1 Å². The van der Waals surface area contributed by atoms with E-state index in [1.807, 2.05) is 35.2 Å². The molecule has 68 heavy (non-hydrogen) atoms. The average molecular weight is 976 g/mol. The molecule has 6 N–H and O–H groups in total. The molecule has 0 aliphatic carbocycles. The highest BCUT2D eigenvalue weighted by Crippen LogP contribution is 2.16. The first kappa shape index (κ1) is 71.9. The molecule has 3 aliphatic heterocycles. The second-order valence-corrected chi connectivity index (χ2v) is 19.0. The molecule has 404 valence electrons. The molecule has 3 atom stereocenters. The summed E-state index contributed by atoms with van der Waals surface area (Å²) in [6.45, 7) is 22.6. The number of carbonyl (C=O) groups excluding carboxylic acids is 1. The van der Waals surface area contributed by atoms with Gasteiger partial charge in [0.1, 0.15) is 57.5 Å². The summed E-state index contributed by atoms with van der Waals surface area (Å²) in [5.74, 6) is 2.84. The predicted molar refractivity (Wildman–Crippen MR) is 290 cm³/mol. The Balaban J connectivity index is -0.000000439. The van der Waals surface area contributed by atoms with Gasteiger partial charge in [-0.2, -0.15) is 5.06 Å². The van der Waals surface area contributed by atoms with Gasteiger partial charge in [0, 0.05) is 65.4 Å². The Morgan fingerprint density at radius 1 is 0.750 bits per heavy atom. The van der Waals surface area contributed by atoms with Crippen molar-refractivity contribution in [3.05, 3.63) is 35.4 Å². The van der Waals surface area contributed by atoms with E-state index in [0.29, 0.717) is 30.7 Å². The zero-order valence-electron chi connectivity index (χ0n) is 42.1. The number of aliphatic hydroxyl groups is 3. The molecule has 0 aromatic heterocycles. The Kier molecular flexibility index (Phi) is 39.3. The third-order valence-corrected chi connectivity index (χ3v) is 12.2. The summed E-state index contributed by atoms with van der Waals surface area (Å²) in [7, 11) is 20.5. The van der Waals surface area contributed by atoms with Crippen LogP contribution in [-0.2, 0) is 9.63 Å². The van der Waals surface area contributed by atoms with Crippen LogP contribution in [0.15, 0.2) is 24.3 Å². The predicted octanol–water partition coefficient (Wildman–Crippen LogP) is 1.60. The lowest BCUT2D eigenvalue weighted by molar-refractivity contribution is -0.911. The van der Waals surface area contributed by atoms with Crippen LogP contribution in [0.1, 0.15) is 75.5 Å². The van der Waals surface area contributed by atoms with E-state index in [2.05, 4.69) is 118 Å². The van der Waals surface area contributed by atoms with Gasteiger partial charge >= 0.3 is 0 Å². The van der Waals surface area contributed by atoms with Crippen LogP contribution in [0.25, 0.3) is 0 Å². The molecule has 1 aromatic carbocycles. The zero-order valence-corrected chi connectivity index (χ0v) is 42.1. The number of hydrogen-bond donors (Lipinski definition) is 6. The number of benzene rings is 1. The molecule has 1 fully saturated rings. The van der Waals surface area contributed by atoms with Crippen LogP contribution in [0.2, 0.25) is 0 Å². The number of nitrogens with zero attached hydrogens (tertiary/aromatic N) is 9. The van der Waals surface area contributed by atoms with E-state index < -0.39 is 6.10 Å². The van der Waals surface area contributed by atoms with Crippen LogP contribution >= 0.6 is 0 Å². The maximum atomic E-state index is 11.4. The second kappa shape index (κ2) is 37.2. The Morgan fingerprint density at radius 2 is 1.19 bits per heavy atom. The summed E-state index contributed by atoms with van der Waals surface area (Å²) in [4.78, 5) is 26.1. The Labute approximate surface area is 419 Å². The molecule has 0 amide bonds. The van der Waals surface area contributed by atoms with Crippen LogP contribution in [0, 0.1) is 0 Å². The average Bonchev–Trinajstić information content (AvgIpc) is 3.76. The summed E-state index contributed by atoms with van der Waals surface area (Å²) in [5, 5.41) is 40.9. The van der Waals surface area contributed by atoms with Gasteiger partial charge in [-0.3, -0.25) is 38.4 Å². The molecule has 0 saturated carbocycles. The summed E-state index contributed by atoms with van der Waals surface area (Å²) >= 11 is 0. The molecular weight excluding hydrogens is 861 g/mol. The topological polar surface area (TPSA) is 145 Å². The van der Waals surface area contributed by atoms with Crippen LogP contribution < -0.4 is 16.0 Å². The molecule has 1 saturated heterocycles. The number of nitrogens with one attached hydrogen (secondary N) is 3. The summed E-state index contributed by atoms with van der Waals surface area (Å²) in [5.41, 5.74) is 2.65. The van der Waals surface area contributed by atoms with Gasteiger partial charge in [0.15, 0.2) is 12.5 Å². The van der Waals surface area contributed by atoms with Crippen molar-refractivity contribution in [2.75, 3.05) is 202 Å². The smallest absolute Gasteiger partial charge is 0.279 e. The van der Waals surface area contributed by atoms with Gasteiger partial charge in [-0.25, -0.2) is 0 Å². The van der Waals surface area contributed by atoms with Gasteiger partial charge in [0.2, 0.25) is 0 Å². The highest BCUT2D eigenvalue weighted by Gasteiger charge is 2.34. The van der Waals surface area contributed by atoms with Gasteiger partial charge in [0.25, 0.3) is 11.7 Å². The van der Waals surface area contributed by atoms with Crippen LogP contribution in [-0.4, -0.2) is 295 Å². The number of quaternary nitrogens is 2. The molecule has 4 rings (SSSR count). The summed E-state index contributed by atoms with van der Waals surface area (Å²) < 4.78 is 5.95. The molecule has 17 nitrogen and oxygen atoms in total. The first-order valence-electron chi connectivity index (χ1n) is 23.5. The number of ketones is 1. The summed E-state index contributed by atoms with van der Waals surface area (Å²) in [6, 6.07) is 8.97. The lowest BCUT2D eigenvalue weighted by Gasteiger charge is -2.39. The first-order valence-corrected chi connectivity index (χ1v) is 23.5. The number of amidine groups is 2. The maximum absolute atomic E-state index is 11.4. The third kappa shape index (κ3) is 25.5. The minimum atomic E-state index is -0.519. The van der Waals surface area contributed by atoms with Gasteiger partial charge in [-0.1, -0.05) is 44.1 Å².